The predicted molar refractivity (Wildman–Crippen MR) is 77.8 cm³/mol. The van der Waals surface area contributed by atoms with E-state index in [0.717, 1.165) is 18.0 Å². The van der Waals surface area contributed by atoms with Gasteiger partial charge >= 0.3 is 0 Å². The van der Waals surface area contributed by atoms with Crippen LogP contribution in [0.2, 0.25) is 0 Å². The van der Waals surface area contributed by atoms with Gasteiger partial charge in [0.05, 0.1) is 0 Å². The van der Waals surface area contributed by atoms with E-state index in [2.05, 4.69) is 16.9 Å². The third kappa shape index (κ3) is 4.15. The lowest BCUT2D eigenvalue weighted by Crippen LogP contribution is -2.50. The Bertz CT molecular complexity index is 204. The summed E-state index contributed by atoms with van der Waals surface area (Å²) < 4.78 is 0. The molecule has 2 rings (SSSR count). The summed E-state index contributed by atoms with van der Waals surface area (Å²) in [6.45, 7) is 2.44. The highest BCUT2D eigenvalue weighted by atomic mass is 32.2. The number of hydrogen-bond acceptors (Lipinski definition) is 3. The summed E-state index contributed by atoms with van der Waals surface area (Å²) in [4.78, 5) is 0. The van der Waals surface area contributed by atoms with E-state index in [9.17, 15) is 0 Å². The number of piperidine rings is 1. The summed E-state index contributed by atoms with van der Waals surface area (Å²) in [5, 5.41) is 7.57. The number of thioether (sulfide) groups is 1. The van der Waals surface area contributed by atoms with E-state index in [-0.39, 0.29) is 0 Å². The van der Waals surface area contributed by atoms with Crippen LogP contribution in [0.3, 0.4) is 0 Å². The Hall–Kier alpha value is 0.270. The maximum absolute atomic E-state index is 3.81. The van der Waals surface area contributed by atoms with Crippen LogP contribution >= 0.6 is 11.8 Å². The minimum Gasteiger partial charge on any atom is -0.314 e. The Labute approximate surface area is 111 Å². The Morgan fingerprint density at radius 3 is 2.71 bits per heavy atom. The van der Waals surface area contributed by atoms with Crippen molar-refractivity contribution in [2.45, 2.75) is 57.0 Å². The van der Waals surface area contributed by atoms with Crippen LogP contribution in [-0.4, -0.2) is 37.2 Å². The van der Waals surface area contributed by atoms with Crippen molar-refractivity contribution in [2.75, 3.05) is 25.1 Å². The fourth-order valence-corrected chi connectivity index (χ4v) is 3.81. The second-order valence-corrected chi connectivity index (χ2v) is 6.54. The summed E-state index contributed by atoms with van der Waals surface area (Å²) in [6, 6.07) is 1.59. The molecule has 0 aromatic carbocycles. The Kier molecular flexibility index (Phi) is 6.16. The molecule has 2 aliphatic rings. The van der Waals surface area contributed by atoms with Crippen molar-refractivity contribution in [2.24, 2.45) is 5.92 Å². The molecular formula is C14H28N2S. The van der Waals surface area contributed by atoms with Crippen LogP contribution in [0.5, 0.6) is 0 Å². The molecule has 1 aliphatic heterocycles. The Morgan fingerprint density at radius 2 is 1.94 bits per heavy atom. The lowest BCUT2D eigenvalue weighted by Gasteiger charge is -2.40. The van der Waals surface area contributed by atoms with Gasteiger partial charge in [-0.2, -0.15) is 11.8 Å². The SMILES string of the molecule is CSCCNC1CCCCC1C1CCCCN1. The van der Waals surface area contributed by atoms with Crippen molar-refractivity contribution >= 4 is 11.8 Å². The van der Waals surface area contributed by atoms with Gasteiger partial charge in [-0.1, -0.05) is 19.3 Å². The van der Waals surface area contributed by atoms with Crippen molar-refractivity contribution in [1.82, 2.24) is 10.6 Å². The number of hydrogen-bond donors (Lipinski definition) is 2. The van der Waals surface area contributed by atoms with Gasteiger partial charge in [-0.05, 0) is 44.4 Å². The zero-order chi connectivity index (χ0) is 11.9. The molecule has 2 N–H and O–H groups in total. The fourth-order valence-electron chi connectivity index (χ4n) is 3.49. The van der Waals surface area contributed by atoms with Gasteiger partial charge in [0.15, 0.2) is 0 Å². The van der Waals surface area contributed by atoms with Crippen LogP contribution in [0.25, 0.3) is 0 Å². The summed E-state index contributed by atoms with van der Waals surface area (Å²) in [5.41, 5.74) is 0. The molecule has 0 spiro atoms. The fraction of sp³-hybridized carbons (Fsp3) is 1.00. The molecule has 2 nitrogen and oxygen atoms in total. The molecule has 100 valence electrons. The second kappa shape index (κ2) is 7.65. The molecular weight excluding hydrogens is 228 g/mol. The highest BCUT2D eigenvalue weighted by Crippen LogP contribution is 2.30. The lowest BCUT2D eigenvalue weighted by atomic mass is 9.77. The molecule has 0 amide bonds. The lowest BCUT2D eigenvalue weighted by molar-refractivity contribution is 0.184. The standard InChI is InChI=1S/C14H28N2S/c1-17-11-10-16-14-7-3-2-6-12(14)13-8-4-5-9-15-13/h12-16H,2-11H2,1H3. The van der Waals surface area contributed by atoms with Gasteiger partial charge in [-0.15, -0.1) is 0 Å². The van der Waals surface area contributed by atoms with Gasteiger partial charge in [-0.3, -0.25) is 0 Å². The average Bonchev–Trinajstić information content (AvgIpc) is 2.41. The van der Waals surface area contributed by atoms with Crippen LogP contribution in [0.15, 0.2) is 0 Å². The van der Waals surface area contributed by atoms with Crippen LogP contribution in [0.1, 0.15) is 44.9 Å². The average molecular weight is 256 g/mol. The van der Waals surface area contributed by atoms with E-state index in [1.54, 1.807) is 0 Å². The van der Waals surface area contributed by atoms with Gasteiger partial charge < -0.3 is 10.6 Å². The Balaban J connectivity index is 1.82. The van der Waals surface area contributed by atoms with Crippen LogP contribution in [-0.2, 0) is 0 Å². The van der Waals surface area contributed by atoms with E-state index >= 15 is 0 Å². The van der Waals surface area contributed by atoms with Gasteiger partial charge in [-0.25, -0.2) is 0 Å². The second-order valence-electron chi connectivity index (χ2n) is 5.56. The molecule has 1 saturated carbocycles. The molecule has 1 aliphatic carbocycles. The molecule has 0 radical (unpaired) electrons. The molecule has 3 unspecified atom stereocenters. The maximum Gasteiger partial charge on any atom is 0.0110 e. The van der Waals surface area contributed by atoms with Crippen LogP contribution in [0.4, 0.5) is 0 Å². The van der Waals surface area contributed by atoms with Crippen molar-refractivity contribution < 1.29 is 0 Å². The first-order valence-corrected chi connectivity index (χ1v) is 8.77. The van der Waals surface area contributed by atoms with Gasteiger partial charge in [0.1, 0.15) is 0 Å². The van der Waals surface area contributed by atoms with E-state index in [1.807, 2.05) is 11.8 Å². The van der Waals surface area contributed by atoms with E-state index in [0.29, 0.717) is 0 Å². The molecule has 2 fully saturated rings. The molecule has 0 aromatic heterocycles. The van der Waals surface area contributed by atoms with Gasteiger partial charge in [0.2, 0.25) is 0 Å². The minimum absolute atomic E-state index is 0.784. The normalized spacial score (nSPS) is 34.8. The summed E-state index contributed by atoms with van der Waals surface area (Å²) >= 11 is 1.95. The highest BCUT2D eigenvalue weighted by Gasteiger charge is 2.31. The van der Waals surface area contributed by atoms with Crippen molar-refractivity contribution in [3.63, 3.8) is 0 Å². The minimum atomic E-state index is 0.784. The summed E-state index contributed by atoms with van der Waals surface area (Å²) in [6.07, 6.45) is 12.1. The van der Waals surface area contributed by atoms with Crippen LogP contribution in [0, 0.1) is 5.92 Å². The van der Waals surface area contributed by atoms with E-state index < -0.39 is 0 Å². The highest BCUT2D eigenvalue weighted by molar-refractivity contribution is 7.98. The van der Waals surface area contributed by atoms with Crippen LogP contribution < -0.4 is 10.6 Å². The van der Waals surface area contributed by atoms with Crippen molar-refractivity contribution in [3.8, 4) is 0 Å². The quantitative estimate of drug-likeness (QED) is 0.740. The van der Waals surface area contributed by atoms with E-state index in [4.69, 9.17) is 0 Å². The van der Waals surface area contributed by atoms with Crippen molar-refractivity contribution in [3.05, 3.63) is 0 Å². The first-order valence-electron chi connectivity index (χ1n) is 7.37. The third-order valence-electron chi connectivity index (χ3n) is 4.40. The zero-order valence-electron chi connectivity index (χ0n) is 11.2. The summed E-state index contributed by atoms with van der Waals surface area (Å²) in [5.74, 6) is 2.15. The molecule has 17 heavy (non-hydrogen) atoms. The predicted octanol–water partition coefficient (Wildman–Crippen LogP) is 2.64. The first kappa shape index (κ1) is 13.7. The first-order chi connectivity index (χ1) is 8.42. The maximum atomic E-state index is 3.81. The number of nitrogens with one attached hydrogen (secondary N) is 2. The Morgan fingerprint density at radius 1 is 1.12 bits per heavy atom. The molecule has 1 heterocycles. The zero-order valence-corrected chi connectivity index (χ0v) is 12.0. The molecule has 0 bridgehead atoms. The molecule has 1 saturated heterocycles. The van der Waals surface area contributed by atoms with Crippen molar-refractivity contribution in [1.29, 1.82) is 0 Å². The monoisotopic (exact) mass is 256 g/mol. The number of rotatable bonds is 5. The topological polar surface area (TPSA) is 24.1 Å². The summed E-state index contributed by atoms with van der Waals surface area (Å²) in [7, 11) is 0. The molecule has 0 aromatic rings. The largest absolute Gasteiger partial charge is 0.314 e. The van der Waals surface area contributed by atoms with Gasteiger partial charge in [0, 0.05) is 24.4 Å². The third-order valence-corrected chi connectivity index (χ3v) is 5.01. The molecule has 3 atom stereocenters. The van der Waals surface area contributed by atoms with Gasteiger partial charge in [0.25, 0.3) is 0 Å². The molecule has 3 heteroatoms. The smallest absolute Gasteiger partial charge is 0.0110 e. The van der Waals surface area contributed by atoms with E-state index in [1.165, 1.54) is 63.8 Å².